The number of carbonyl (C=O) groups is 1. The smallest absolute Gasteiger partial charge is 0.223 e. The first kappa shape index (κ1) is 15.6. The lowest BCUT2D eigenvalue weighted by molar-refractivity contribution is -0.126. The van der Waals surface area contributed by atoms with Crippen molar-refractivity contribution >= 4 is 29.9 Å². The second kappa shape index (κ2) is 6.79. The van der Waals surface area contributed by atoms with Crippen LogP contribution in [0.5, 0.6) is 0 Å². The lowest BCUT2D eigenvalue weighted by atomic mass is 9.96. The van der Waals surface area contributed by atoms with Crippen molar-refractivity contribution in [3.8, 4) is 0 Å². The van der Waals surface area contributed by atoms with Crippen molar-refractivity contribution < 1.29 is 4.79 Å². The van der Waals surface area contributed by atoms with Crippen LogP contribution < -0.4 is 10.6 Å². The Labute approximate surface area is 130 Å². The molecule has 1 aliphatic heterocycles. The van der Waals surface area contributed by atoms with Gasteiger partial charge in [0.2, 0.25) is 5.91 Å². The van der Waals surface area contributed by atoms with Crippen molar-refractivity contribution in [1.29, 1.82) is 0 Å². The van der Waals surface area contributed by atoms with Crippen molar-refractivity contribution in [1.82, 2.24) is 10.6 Å². The average Bonchev–Trinajstić information content (AvgIpc) is 2.84. The molecule has 1 heterocycles. The first-order valence-electron chi connectivity index (χ1n) is 7.04. The summed E-state index contributed by atoms with van der Waals surface area (Å²) in [5.41, 5.74) is 2.41. The third-order valence-electron chi connectivity index (χ3n) is 4.24. The number of amides is 1. The highest BCUT2D eigenvalue weighted by Gasteiger charge is 2.28. The topological polar surface area (TPSA) is 41.1 Å². The van der Waals surface area contributed by atoms with E-state index >= 15 is 0 Å². The molecule has 0 saturated carbocycles. The van der Waals surface area contributed by atoms with Crippen molar-refractivity contribution in [2.75, 3.05) is 13.1 Å². The van der Waals surface area contributed by atoms with Gasteiger partial charge in [-0.2, -0.15) is 0 Å². The number of hydrogen-bond donors (Lipinski definition) is 2. The van der Waals surface area contributed by atoms with Crippen molar-refractivity contribution in [3.63, 3.8) is 0 Å². The number of hydrogen-bond acceptors (Lipinski definition) is 2. The van der Waals surface area contributed by atoms with E-state index in [1.807, 2.05) is 12.1 Å². The lowest BCUT2D eigenvalue weighted by Gasteiger charge is -2.24. The SMILES string of the molecule is Cl.O=C(NC1CCc2c(Cl)cccc21)C1CCNCC1. The molecule has 1 aromatic carbocycles. The van der Waals surface area contributed by atoms with Crippen LogP contribution in [0.3, 0.4) is 0 Å². The molecule has 1 unspecified atom stereocenters. The normalized spacial score (nSPS) is 21.9. The largest absolute Gasteiger partial charge is 0.349 e. The highest BCUT2D eigenvalue weighted by atomic mass is 35.5. The summed E-state index contributed by atoms with van der Waals surface area (Å²) >= 11 is 6.20. The molecule has 5 heteroatoms. The quantitative estimate of drug-likeness (QED) is 0.881. The van der Waals surface area contributed by atoms with Crippen molar-refractivity contribution in [2.24, 2.45) is 5.92 Å². The lowest BCUT2D eigenvalue weighted by Crippen LogP contribution is -2.39. The van der Waals surface area contributed by atoms with Gasteiger partial charge in [0.25, 0.3) is 0 Å². The predicted molar refractivity (Wildman–Crippen MR) is 83.5 cm³/mol. The molecule has 1 saturated heterocycles. The Hall–Kier alpha value is -0.770. The fourth-order valence-electron chi connectivity index (χ4n) is 3.13. The molecule has 110 valence electrons. The summed E-state index contributed by atoms with van der Waals surface area (Å²) in [4.78, 5) is 12.3. The Kier molecular flexibility index (Phi) is 5.30. The van der Waals surface area contributed by atoms with Gasteiger partial charge in [0.15, 0.2) is 0 Å². The summed E-state index contributed by atoms with van der Waals surface area (Å²) in [6.07, 6.45) is 3.82. The van der Waals surface area contributed by atoms with Crippen LogP contribution in [-0.4, -0.2) is 19.0 Å². The maximum atomic E-state index is 12.3. The second-order valence-corrected chi connectivity index (χ2v) is 5.84. The first-order valence-corrected chi connectivity index (χ1v) is 7.42. The van der Waals surface area contributed by atoms with E-state index in [2.05, 4.69) is 16.7 Å². The molecule has 0 bridgehead atoms. The molecular formula is C15H20Cl2N2O. The van der Waals surface area contributed by atoms with Gasteiger partial charge in [-0.15, -0.1) is 12.4 Å². The monoisotopic (exact) mass is 314 g/mol. The molecule has 1 aromatic rings. The van der Waals surface area contributed by atoms with Gasteiger partial charge in [-0.25, -0.2) is 0 Å². The predicted octanol–water partition coefficient (Wildman–Crippen LogP) is 2.86. The second-order valence-electron chi connectivity index (χ2n) is 5.43. The first-order chi connectivity index (χ1) is 9.25. The summed E-state index contributed by atoms with van der Waals surface area (Å²) in [6, 6.07) is 6.13. The van der Waals surface area contributed by atoms with E-state index in [-0.39, 0.29) is 30.3 Å². The van der Waals surface area contributed by atoms with Crippen LogP contribution in [0, 0.1) is 5.92 Å². The molecule has 1 atom stereocenters. The van der Waals surface area contributed by atoms with E-state index in [1.165, 1.54) is 11.1 Å². The molecule has 1 aliphatic carbocycles. The molecule has 0 radical (unpaired) electrons. The van der Waals surface area contributed by atoms with Crippen molar-refractivity contribution in [2.45, 2.75) is 31.7 Å². The molecule has 0 spiro atoms. The number of halogens is 2. The van der Waals surface area contributed by atoms with Crippen LogP contribution in [0.2, 0.25) is 5.02 Å². The molecule has 2 aliphatic rings. The van der Waals surface area contributed by atoms with E-state index in [0.29, 0.717) is 0 Å². The fraction of sp³-hybridized carbons (Fsp3) is 0.533. The van der Waals surface area contributed by atoms with Crippen LogP contribution in [0.25, 0.3) is 0 Å². The Balaban J connectivity index is 0.00000147. The molecule has 2 N–H and O–H groups in total. The van der Waals surface area contributed by atoms with E-state index in [0.717, 1.165) is 43.8 Å². The zero-order chi connectivity index (χ0) is 13.2. The van der Waals surface area contributed by atoms with E-state index in [1.54, 1.807) is 0 Å². The summed E-state index contributed by atoms with van der Waals surface area (Å²) < 4.78 is 0. The minimum atomic E-state index is 0. The summed E-state index contributed by atoms with van der Waals surface area (Å²) in [7, 11) is 0. The number of fused-ring (bicyclic) bond motifs is 1. The molecule has 1 amide bonds. The van der Waals surface area contributed by atoms with Crippen LogP contribution >= 0.6 is 24.0 Å². The number of piperidine rings is 1. The minimum absolute atomic E-state index is 0. The van der Waals surface area contributed by atoms with Gasteiger partial charge in [0.05, 0.1) is 6.04 Å². The maximum Gasteiger partial charge on any atom is 0.223 e. The zero-order valence-electron chi connectivity index (χ0n) is 11.3. The third kappa shape index (κ3) is 3.11. The average molecular weight is 315 g/mol. The Bertz CT molecular complexity index is 487. The summed E-state index contributed by atoms with van der Waals surface area (Å²) in [6.45, 7) is 1.90. The number of rotatable bonds is 2. The summed E-state index contributed by atoms with van der Waals surface area (Å²) in [5, 5.41) is 7.33. The number of nitrogens with one attached hydrogen (secondary N) is 2. The third-order valence-corrected chi connectivity index (χ3v) is 4.59. The van der Waals surface area contributed by atoms with Gasteiger partial charge >= 0.3 is 0 Å². The molecule has 3 rings (SSSR count). The highest BCUT2D eigenvalue weighted by molar-refractivity contribution is 6.31. The Morgan fingerprint density at radius 2 is 2.00 bits per heavy atom. The summed E-state index contributed by atoms with van der Waals surface area (Å²) in [5.74, 6) is 0.379. The molecule has 1 fully saturated rings. The Morgan fingerprint density at radius 3 is 2.75 bits per heavy atom. The van der Waals surface area contributed by atoms with Gasteiger partial charge in [0, 0.05) is 10.9 Å². The molecule has 0 aromatic heterocycles. The molecular weight excluding hydrogens is 295 g/mol. The van der Waals surface area contributed by atoms with Crippen LogP contribution in [0.1, 0.15) is 36.4 Å². The fourth-order valence-corrected chi connectivity index (χ4v) is 3.41. The highest BCUT2D eigenvalue weighted by Crippen LogP contribution is 2.35. The number of benzene rings is 1. The number of carbonyl (C=O) groups excluding carboxylic acids is 1. The van der Waals surface area contributed by atoms with Gasteiger partial charge < -0.3 is 10.6 Å². The van der Waals surface area contributed by atoms with E-state index < -0.39 is 0 Å². The van der Waals surface area contributed by atoms with Crippen LogP contribution in [-0.2, 0) is 11.2 Å². The van der Waals surface area contributed by atoms with E-state index in [9.17, 15) is 4.79 Å². The van der Waals surface area contributed by atoms with Gasteiger partial charge in [-0.1, -0.05) is 23.7 Å². The van der Waals surface area contributed by atoms with Crippen molar-refractivity contribution in [3.05, 3.63) is 34.3 Å². The molecule has 20 heavy (non-hydrogen) atoms. The van der Waals surface area contributed by atoms with Crippen LogP contribution in [0.15, 0.2) is 18.2 Å². The molecule has 3 nitrogen and oxygen atoms in total. The minimum Gasteiger partial charge on any atom is -0.349 e. The maximum absolute atomic E-state index is 12.3. The zero-order valence-corrected chi connectivity index (χ0v) is 12.9. The van der Waals surface area contributed by atoms with Crippen LogP contribution in [0.4, 0.5) is 0 Å². The van der Waals surface area contributed by atoms with Gasteiger partial charge in [-0.05, 0) is 56.0 Å². The van der Waals surface area contributed by atoms with E-state index in [4.69, 9.17) is 11.6 Å². The Morgan fingerprint density at radius 1 is 1.25 bits per heavy atom. The van der Waals surface area contributed by atoms with Gasteiger partial charge in [0.1, 0.15) is 0 Å². The standard InChI is InChI=1S/C15H19ClN2O.ClH/c16-13-3-1-2-12-11(13)4-5-14(12)18-15(19)10-6-8-17-9-7-10;/h1-3,10,14,17H,4-9H2,(H,18,19);1H. The van der Waals surface area contributed by atoms with Gasteiger partial charge in [-0.3, -0.25) is 4.79 Å².